The first-order chi connectivity index (χ1) is 13.5. The van der Waals surface area contributed by atoms with Crippen LogP contribution in [-0.2, 0) is 0 Å². The lowest BCUT2D eigenvalue weighted by Gasteiger charge is -2.11. The number of thiocarbonyl (C=S) groups is 1. The van der Waals surface area contributed by atoms with Gasteiger partial charge in [-0.05, 0) is 66.8 Å². The van der Waals surface area contributed by atoms with Crippen molar-refractivity contribution in [2.45, 2.75) is 0 Å². The Labute approximate surface area is 176 Å². The maximum Gasteiger partial charge on any atom is 0.305 e. The molecule has 28 heavy (non-hydrogen) atoms. The highest BCUT2D eigenvalue weighted by Crippen LogP contribution is 2.31. The van der Waals surface area contributed by atoms with Gasteiger partial charge in [0.25, 0.3) is 0 Å². The molecule has 3 rings (SSSR count). The molecule has 0 radical (unpaired) electrons. The summed E-state index contributed by atoms with van der Waals surface area (Å²) in [6.45, 7) is 0. The second-order valence-corrected chi connectivity index (χ2v) is 6.80. The number of benzene rings is 2. The number of hydrazine groups is 1. The van der Waals surface area contributed by atoms with Gasteiger partial charge in [-0.2, -0.15) is 0 Å². The van der Waals surface area contributed by atoms with Gasteiger partial charge in [-0.15, -0.1) is 0 Å². The lowest BCUT2D eigenvalue weighted by molar-refractivity contribution is 0.0917. The normalized spacial score (nSPS) is 10.2. The maximum atomic E-state index is 12.3. The first-order valence-corrected chi connectivity index (χ1v) is 9.19. The summed E-state index contributed by atoms with van der Waals surface area (Å²) in [5.74, 6) is 0.747. The quantitative estimate of drug-likeness (QED) is 0.399. The Bertz CT molecular complexity index is 1010. The first-order valence-electron chi connectivity index (χ1n) is 8.03. The van der Waals surface area contributed by atoms with Gasteiger partial charge in [0, 0.05) is 16.3 Å². The summed E-state index contributed by atoms with van der Waals surface area (Å²) in [6, 6.07) is 15.3. The molecular formula is C19H15Cl2N3O3S. The van der Waals surface area contributed by atoms with Gasteiger partial charge in [-0.1, -0.05) is 23.2 Å². The zero-order valence-electron chi connectivity index (χ0n) is 14.6. The Morgan fingerprint density at radius 2 is 1.79 bits per heavy atom. The van der Waals surface area contributed by atoms with Crippen LogP contribution in [0.15, 0.2) is 59.0 Å². The van der Waals surface area contributed by atoms with Crippen LogP contribution in [0.4, 0.5) is 5.69 Å². The monoisotopic (exact) mass is 435 g/mol. The van der Waals surface area contributed by atoms with Crippen molar-refractivity contribution in [3.8, 4) is 17.1 Å². The average Bonchev–Trinajstić information content (AvgIpc) is 3.18. The highest BCUT2D eigenvalue weighted by Gasteiger charge is 2.14. The first kappa shape index (κ1) is 20.0. The molecule has 0 spiro atoms. The fraction of sp³-hybridized carbons (Fsp3) is 0.0526. The summed E-state index contributed by atoms with van der Waals surface area (Å²) in [6.07, 6.45) is 0. The fourth-order valence-corrected chi connectivity index (χ4v) is 2.85. The average molecular weight is 436 g/mol. The molecular weight excluding hydrogens is 421 g/mol. The van der Waals surface area contributed by atoms with Crippen LogP contribution in [0, 0.1) is 0 Å². The summed E-state index contributed by atoms with van der Waals surface area (Å²) in [5.41, 5.74) is 6.41. The molecule has 0 atom stereocenters. The van der Waals surface area contributed by atoms with E-state index in [1.54, 1.807) is 55.6 Å². The number of carbonyl (C=O) groups is 1. The second-order valence-electron chi connectivity index (χ2n) is 5.55. The van der Waals surface area contributed by atoms with Crippen LogP contribution in [0.1, 0.15) is 10.6 Å². The predicted octanol–water partition coefficient (Wildman–Crippen LogP) is 4.89. The van der Waals surface area contributed by atoms with Crippen LogP contribution in [0.25, 0.3) is 11.3 Å². The van der Waals surface area contributed by atoms with Gasteiger partial charge in [-0.3, -0.25) is 15.6 Å². The number of methoxy groups -OCH3 is 1. The molecule has 0 fully saturated rings. The van der Waals surface area contributed by atoms with E-state index in [0.29, 0.717) is 21.4 Å². The van der Waals surface area contributed by atoms with Crippen molar-refractivity contribution in [2.24, 2.45) is 0 Å². The number of halogens is 2. The largest absolute Gasteiger partial charge is 0.497 e. The van der Waals surface area contributed by atoms with Crippen LogP contribution >= 0.6 is 35.4 Å². The zero-order chi connectivity index (χ0) is 20.1. The summed E-state index contributed by atoms with van der Waals surface area (Å²) in [5, 5.41) is 4.12. The number of ether oxygens (including phenoxy) is 1. The molecule has 0 saturated heterocycles. The highest BCUT2D eigenvalue weighted by atomic mass is 35.5. The fourth-order valence-electron chi connectivity index (χ4n) is 2.30. The van der Waals surface area contributed by atoms with Gasteiger partial charge >= 0.3 is 5.91 Å². The minimum atomic E-state index is -0.497. The number of anilines is 1. The third-order valence-corrected chi connectivity index (χ3v) is 4.43. The van der Waals surface area contributed by atoms with Gasteiger partial charge < -0.3 is 14.5 Å². The Hall–Kier alpha value is -2.74. The van der Waals surface area contributed by atoms with Crippen molar-refractivity contribution in [1.29, 1.82) is 0 Å². The van der Waals surface area contributed by atoms with Crippen molar-refractivity contribution in [1.82, 2.24) is 10.9 Å². The van der Waals surface area contributed by atoms with Gasteiger partial charge in [0.1, 0.15) is 11.5 Å². The number of nitrogens with one attached hydrogen (secondary N) is 3. The third kappa shape index (κ3) is 4.95. The topological polar surface area (TPSA) is 75.5 Å². The summed E-state index contributed by atoms with van der Waals surface area (Å²) >= 11 is 17.3. The van der Waals surface area contributed by atoms with Gasteiger partial charge in [-0.25, -0.2) is 0 Å². The molecule has 144 valence electrons. The van der Waals surface area contributed by atoms with E-state index >= 15 is 0 Å². The Balaban J connectivity index is 1.58. The van der Waals surface area contributed by atoms with Crippen molar-refractivity contribution >= 4 is 52.1 Å². The second kappa shape index (κ2) is 8.97. The molecule has 1 aromatic heterocycles. The van der Waals surface area contributed by atoms with Crippen LogP contribution in [0.3, 0.4) is 0 Å². The molecule has 9 heteroatoms. The van der Waals surface area contributed by atoms with Crippen LogP contribution in [0.2, 0.25) is 10.0 Å². The van der Waals surface area contributed by atoms with E-state index < -0.39 is 5.91 Å². The number of carbonyl (C=O) groups excluding carboxylic acids is 1. The smallest absolute Gasteiger partial charge is 0.305 e. The number of hydrogen-bond acceptors (Lipinski definition) is 4. The summed E-state index contributed by atoms with van der Waals surface area (Å²) in [7, 11) is 1.59. The van der Waals surface area contributed by atoms with Crippen molar-refractivity contribution in [2.75, 3.05) is 12.4 Å². The molecule has 0 saturated carbocycles. The standard InChI is InChI=1S/C19H15Cl2N3O3S/c1-26-13-5-3-12(4-6-13)22-19(28)24-23-18(25)17-9-8-16(27-17)14-10-11(20)2-7-15(14)21/h2-10H,1H3,(H,23,25)(H2,22,24,28). The van der Waals surface area contributed by atoms with Gasteiger partial charge in [0.2, 0.25) is 0 Å². The molecule has 3 aromatic rings. The summed E-state index contributed by atoms with van der Waals surface area (Å²) in [4.78, 5) is 12.3. The molecule has 0 unspecified atom stereocenters. The summed E-state index contributed by atoms with van der Waals surface area (Å²) < 4.78 is 10.7. The molecule has 0 bridgehead atoms. The Morgan fingerprint density at radius 3 is 2.50 bits per heavy atom. The predicted molar refractivity (Wildman–Crippen MR) is 114 cm³/mol. The van der Waals surface area contributed by atoms with Gasteiger partial charge in [0.15, 0.2) is 10.9 Å². The van der Waals surface area contributed by atoms with E-state index in [1.165, 1.54) is 6.07 Å². The van der Waals surface area contributed by atoms with Crippen LogP contribution in [-0.4, -0.2) is 18.1 Å². The van der Waals surface area contributed by atoms with E-state index in [-0.39, 0.29) is 10.9 Å². The number of amides is 1. The molecule has 1 heterocycles. The SMILES string of the molecule is COc1ccc(NC(=S)NNC(=O)c2ccc(-c3cc(Cl)ccc3Cl)o2)cc1. The van der Waals surface area contributed by atoms with Gasteiger partial charge in [0.05, 0.1) is 12.1 Å². The zero-order valence-corrected chi connectivity index (χ0v) is 16.9. The number of hydrogen-bond donors (Lipinski definition) is 3. The highest BCUT2D eigenvalue weighted by molar-refractivity contribution is 7.80. The van der Waals surface area contributed by atoms with Crippen molar-refractivity contribution < 1.29 is 13.9 Å². The van der Waals surface area contributed by atoms with Crippen LogP contribution in [0.5, 0.6) is 5.75 Å². The Morgan fingerprint density at radius 1 is 1.04 bits per heavy atom. The lowest BCUT2D eigenvalue weighted by atomic mass is 10.2. The van der Waals surface area contributed by atoms with E-state index in [2.05, 4.69) is 16.2 Å². The van der Waals surface area contributed by atoms with Crippen molar-refractivity contribution in [3.05, 3.63) is 70.4 Å². The molecule has 0 aliphatic carbocycles. The van der Waals surface area contributed by atoms with E-state index in [0.717, 1.165) is 11.4 Å². The van der Waals surface area contributed by atoms with E-state index in [9.17, 15) is 4.79 Å². The van der Waals surface area contributed by atoms with Crippen molar-refractivity contribution in [3.63, 3.8) is 0 Å². The third-order valence-electron chi connectivity index (χ3n) is 3.66. The number of furan rings is 1. The lowest BCUT2D eigenvalue weighted by Crippen LogP contribution is -2.43. The minimum absolute atomic E-state index is 0.0887. The molecule has 6 nitrogen and oxygen atoms in total. The molecule has 0 aliphatic rings. The minimum Gasteiger partial charge on any atom is -0.497 e. The Kier molecular flexibility index (Phi) is 6.41. The molecule has 2 aromatic carbocycles. The molecule has 1 amide bonds. The van der Waals surface area contributed by atoms with E-state index in [1.807, 2.05) is 0 Å². The van der Waals surface area contributed by atoms with E-state index in [4.69, 9.17) is 44.6 Å². The van der Waals surface area contributed by atoms with Crippen LogP contribution < -0.4 is 20.9 Å². The maximum absolute atomic E-state index is 12.3. The number of rotatable bonds is 4. The molecule has 0 aliphatic heterocycles. The molecule has 3 N–H and O–H groups in total.